The fourth-order valence-electron chi connectivity index (χ4n) is 2.87. The molecule has 0 saturated carbocycles. The second-order valence-corrected chi connectivity index (χ2v) is 9.13. The number of benzene rings is 2. The van der Waals surface area contributed by atoms with E-state index >= 15 is 0 Å². The van der Waals surface area contributed by atoms with E-state index in [1.807, 2.05) is 44.2 Å². The van der Waals surface area contributed by atoms with Gasteiger partial charge in [-0.05, 0) is 67.6 Å². The molecule has 2 rings (SSSR count). The monoisotopic (exact) mass is 388 g/mol. The van der Waals surface area contributed by atoms with Gasteiger partial charge in [-0.1, -0.05) is 32.0 Å². The van der Waals surface area contributed by atoms with Gasteiger partial charge >= 0.3 is 0 Å². The number of hydrogen-bond acceptors (Lipinski definition) is 3. The van der Waals surface area contributed by atoms with E-state index in [2.05, 4.69) is 19.2 Å². The average Bonchev–Trinajstić information content (AvgIpc) is 2.57. The molecule has 0 aliphatic carbocycles. The molecule has 0 saturated heterocycles. The van der Waals surface area contributed by atoms with Crippen LogP contribution in [0.25, 0.3) is 0 Å². The molecule has 0 aromatic heterocycles. The Labute approximate surface area is 162 Å². The Morgan fingerprint density at radius 1 is 0.963 bits per heavy atom. The van der Waals surface area contributed by atoms with Crippen molar-refractivity contribution in [3.05, 3.63) is 59.2 Å². The summed E-state index contributed by atoms with van der Waals surface area (Å²) >= 11 is 0. The first-order chi connectivity index (χ1) is 12.5. The van der Waals surface area contributed by atoms with Gasteiger partial charge < -0.3 is 5.32 Å². The summed E-state index contributed by atoms with van der Waals surface area (Å²) in [4.78, 5) is 12.7. The van der Waals surface area contributed by atoms with Crippen LogP contribution in [0.15, 0.2) is 42.5 Å². The molecule has 2 aromatic carbocycles. The number of carbonyl (C=O) groups excluding carboxylic acids is 1. The molecule has 0 bridgehead atoms. The predicted octanol–water partition coefficient (Wildman–Crippen LogP) is 4.22. The van der Waals surface area contributed by atoms with Crippen molar-refractivity contribution in [3.8, 4) is 0 Å². The highest BCUT2D eigenvalue weighted by atomic mass is 32.2. The number of carbonyl (C=O) groups is 1. The van der Waals surface area contributed by atoms with E-state index in [4.69, 9.17) is 0 Å². The van der Waals surface area contributed by atoms with E-state index < -0.39 is 16.1 Å². The zero-order chi connectivity index (χ0) is 20.4. The predicted molar refractivity (Wildman–Crippen MR) is 112 cm³/mol. The number of aryl methyl sites for hydroxylation is 2. The second kappa shape index (κ2) is 8.13. The van der Waals surface area contributed by atoms with Crippen LogP contribution in [0.1, 0.15) is 43.4 Å². The third-order valence-electron chi connectivity index (χ3n) is 4.68. The van der Waals surface area contributed by atoms with Gasteiger partial charge in [0.05, 0.1) is 11.9 Å². The van der Waals surface area contributed by atoms with Crippen molar-refractivity contribution < 1.29 is 13.2 Å². The summed E-state index contributed by atoms with van der Waals surface area (Å²) in [5, 5.41) is 2.81. The highest BCUT2D eigenvalue weighted by Crippen LogP contribution is 2.24. The summed E-state index contributed by atoms with van der Waals surface area (Å²) in [5.74, 6) is 0.0233. The van der Waals surface area contributed by atoms with Crippen molar-refractivity contribution in [2.45, 2.75) is 46.6 Å². The molecule has 0 aliphatic rings. The summed E-state index contributed by atoms with van der Waals surface area (Å²) in [6.07, 6.45) is 1.11. The fraction of sp³-hybridized carbons (Fsp3) is 0.381. The van der Waals surface area contributed by atoms with E-state index in [0.29, 0.717) is 17.3 Å². The first kappa shape index (κ1) is 21.0. The molecule has 0 unspecified atom stereocenters. The Hall–Kier alpha value is -2.34. The van der Waals surface area contributed by atoms with Crippen LogP contribution < -0.4 is 9.62 Å². The van der Waals surface area contributed by atoms with Gasteiger partial charge in [0.2, 0.25) is 15.9 Å². The number of nitrogens with zero attached hydrogens (tertiary/aromatic N) is 1. The van der Waals surface area contributed by atoms with Gasteiger partial charge in [0.25, 0.3) is 0 Å². The maximum Gasteiger partial charge on any atom is 0.247 e. The molecule has 1 amide bonds. The molecule has 0 radical (unpaired) electrons. The van der Waals surface area contributed by atoms with Crippen LogP contribution in [0, 0.1) is 13.8 Å². The number of rotatable bonds is 6. The SMILES string of the molecule is Cc1ccc(N([C@@H](C)C(=O)Nc2ccc(C(C)C)cc2)S(C)(=O)=O)cc1C. The lowest BCUT2D eigenvalue weighted by atomic mass is 10.0. The standard InChI is InChI=1S/C21H28N2O3S/c1-14(2)18-8-10-19(11-9-18)22-21(24)17(5)23(27(6,25)26)20-12-7-15(3)16(4)13-20/h7-14,17H,1-6H3,(H,22,24)/t17-/m0/s1. The molecule has 5 nitrogen and oxygen atoms in total. The number of nitrogens with one attached hydrogen (secondary N) is 1. The van der Waals surface area contributed by atoms with Crippen LogP contribution in [0.4, 0.5) is 11.4 Å². The summed E-state index contributed by atoms with van der Waals surface area (Å²) < 4.78 is 25.9. The molecule has 146 valence electrons. The van der Waals surface area contributed by atoms with Crippen LogP contribution in [0.2, 0.25) is 0 Å². The number of sulfonamides is 1. The molecule has 2 aromatic rings. The van der Waals surface area contributed by atoms with Crippen molar-refractivity contribution >= 4 is 27.3 Å². The first-order valence-electron chi connectivity index (χ1n) is 8.98. The van der Waals surface area contributed by atoms with E-state index in [0.717, 1.165) is 21.7 Å². The van der Waals surface area contributed by atoms with Crippen LogP contribution in [0.3, 0.4) is 0 Å². The van der Waals surface area contributed by atoms with Crippen LogP contribution in [-0.4, -0.2) is 26.6 Å². The molecule has 27 heavy (non-hydrogen) atoms. The van der Waals surface area contributed by atoms with E-state index in [1.165, 1.54) is 5.56 Å². The highest BCUT2D eigenvalue weighted by molar-refractivity contribution is 7.92. The topological polar surface area (TPSA) is 66.5 Å². The maximum absolute atomic E-state index is 12.7. The minimum Gasteiger partial charge on any atom is -0.324 e. The molecular formula is C21H28N2O3S. The molecule has 6 heteroatoms. The Kier molecular flexibility index (Phi) is 6.31. The lowest BCUT2D eigenvalue weighted by Crippen LogP contribution is -2.45. The van der Waals surface area contributed by atoms with Gasteiger partial charge in [-0.2, -0.15) is 0 Å². The van der Waals surface area contributed by atoms with Crippen molar-refractivity contribution in [2.75, 3.05) is 15.9 Å². The molecule has 1 N–H and O–H groups in total. The second-order valence-electron chi connectivity index (χ2n) is 7.27. The lowest BCUT2D eigenvalue weighted by Gasteiger charge is -2.28. The maximum atomic E-state index is 12.7. The van der Waals surface area contributed by atoms with Gasteiger partial charge in [0.1, 0.15) is 6.04 Å². The fourth-order valence-corrected chi connectivity index (χ4v) is 4.04. The smallest absolute Gasteiger partial charge is 0.247 e. The third kappa shape index (κ3) is 5.10. The highest BCUT2D eigenvalue weighted by Gasteiger charge is 2.29. The van der Waals surface area contributed by atoms with Crippen molar-refractivity contribution in [1.29, 1.82) is 0 Å². The zero-order valence-electron chi connectivity index (χ0n) is 16.8. The van der Waals surface area contributed by atoms with Gasteiger partial charge in [-0.3, -0.25) is 9.10 Å². The Bertz CT molecular complexity index is 919. The van der Waals surface area contributed by atoms with E-state index in [-0.39, 0.29) is 5.91 Å². The first-order valence-corrected chi connectivity index (χ1v) is 10.8. The Morgan fingerprint density at radius 3 is 2.04 bits per heavy atom. The van der Waals surface area contributed by atoms with E-state index in [9.17, 15) is 13.2 Å². The lowest BCUT2D eigenvalue weighted by molar-refractivity contribution is -0.116. The molecule has 0 fully saturated rings. The van der Waals surface area contributed by atoms with Gasteiger partial charge in [-0.25, -0.2) is 8.42 Å². The zero-order valence-corrected chi connectivity index (χ0v) is 17.6. The third-order valence-corrected chi connectivity index (χ3v) is 5.92. The van der Waals surface area contributed by atoms with E-state index in [1.54, 1.807) is 19.1 Å². The summed E-state index contributed by atoms with van der Waals surface area (Å²) in [6, 6.07) is 12.1. The van der Waals surface area contributed by atoms with Gasteiger partial charge in [-0.15, -0.1) is 0 Å². The quantitative estimate of drug-likeness (QED) is 0.806. The normalized spacial score (nSPS) is 12.7. The summed E-state index contributed by atoms with van der Waals surface area (Å²) in [7, 11) is -3.63. The molecular weight excluding hydrogens is 360 g/mol. The molecule has 0 heterocycles. The van der Waals surface area contributed by atoms with Gasteiger partial charge in [0.15, 0.2) is 0 Å². The average molecular weight is 389 g/mol. The molecule has 0 spiro atoms. The van der Waals surface area contributed by atoms with Crippen molar-refractivity contribution in [3.63, 3.8) is 0 Å². The van der Waals surface area contributed by atoms with Crippen molar-refractivity contribution in [2.24, 2.45) is 0 Å². The van der Waals surface area contributed by atoms with Crippen LogP contribution in [0.5, 0.6) is 0 Å². The van der Waals surface area contributed by atoms with Crippen molar-refractivity contribution in [1.82, 2.24) is 0 Å². The molecule has 0 aliphatic heterocycles. The minimum absolute atomic E-state index is 0.379. The molecule has 1 atom stereocenters. The summed E-state index contributed by atoms with van der Waals surface area (Å²) in [6.45, 7) is 9.67. The largest absolute Gasteiger partial charge is 0.324 e. The minimum atomic E-state index is -3.63. The number of anilines is 2. The van der Waals surface area contributed by atoms with Gasteiger partial charge in [0, 0.05) is 5.69 Å². The number of hydrogen-bond donors (Lipinski definition) is 1. The number of amides is 1. The Balaban J connectivity index is 2.28. The Morgan fingerprint density at radius 2 is 1.56 bits per heavy atom. The summed E-state index contributed by atoms with van der Waals surface area (Å²) in [5.41, 5.74) is 4.34. The van der Waals surface area contributed by atoms with Crippen LogP contribution in [-0.2, 0) is 14.8 Å². The van der Waals surface area contributed by atoms with Crippen LogP contribution >= 0.6 is 0 Å².